The van der Waals surface area contributed by atoms with Crippen molar-refractivity contribution in [1.82, 2.24) is 31.9 Å². The monoisotopic (exact) mass is 2190 g/mol. The van der Waals surface area contributed by atoms with Crippen LogP contribution in [0.15, 0.2) is 0 Å². The summed E-state index contributed by atoms with van der Waals surface area (Å²) < 4.78 is 139. The highest BCUT2D eigenvalue weighted by atomic mass is 16.8. The summed E-state index contributed by atoms with van der Waals surface area (Å²) in [4.78, 5) is 78.2. The number of aliphatic hydroxyl groups excluding tert-OH is 31. The summed E-state index contributed by atoms with van der Waals surface area (Å²) >= 11 is 0. The molecular formula is C84H140N6O60. The van der Waals surface area contributed by atoms with Crippen molar-refractivity contribution in [2.45, 2.75) is 417 Å². The predicted octanol–water partition coefficient (Wildman–Crippen LogP) is -25.3. The molecule has 37 N–H and O–H groups in total. The van der Waals surface area contributed by atoms with Crippen LogP contribution in [0.3, 0.4) is 0 Å². The molecular weight excluding hydrogens is 2050 g/mol. The third-order valence-electron chi connectivity index (χ3n) is 27.4. The molecule has 66 nitrogen and oxygen atoms in total. The Balaban J connectivity index is 0.882. The van der Waals surface area contributed by atoms with Crippen molar-refractivity contribution in [3.05, 3.63) is 0 Å². The molecule has 6 amide bonds. The van der Waals surface area contributed by atoms with Gasteiger partial charge in [0.1, 0.15) is 287 Å². The first-order valence-corrected chi connectivity index (χ1v) is 48.0. The Labute approximate surface area is 849 Å². The van der Waals surface area contributed by atoms with Gasteiger partial charge in [-0.05, 0) is 6.92 Å². The summed E-state index contributed by atoms with van der Waals surface area (Å²) in [6.07, 6.45) is -116. The second-order valence-corrected chi connectivity index (χ2v) is 38.1. The van der Waals surface area contributed by atoms with Crippen LogP contribution < -0.4 is 31.9 Å². The van der Waals surface area contributed by atoms with Gasteiger partial charge in [0.15, 0.2) is 75.5 Å². The van der Waals surface area contributed by atoms with Crippen LogP contribution in [0, 0.1) is 0 Å². The highest BCUT2D eigenvalue weighted by Crippen LogP contribution is 2.43. The van der Waals surface area contributed by atoms with Gasteiger partial charge in [-0.15, -0.1) is 0 Å². The minimum Gasteiger partial charge on any atom is -0.394 e. The maximum atomic E-state index is 13.5. The van der Waals surface area contributed by atoms with E-state index in [0.29, 0.717) is 0 Å². The number of carbonyl (C=O) groups excluding carboxylic acids is 6. The first-order chi connectivity index (χ1) is 70.9. The van der Waals surface area contributed by atoms with E-state index in [-0.39, 0.29) is 0 Å². The van der Waals surface area contributed by atoms with Crippen LogP contribution in [0.5, 0.6) is 0 Å². The molecule has 0 radical (unpaired) electrons. The number of nitrogens with one attached hydrogen (secondary N) is 6. The lowest BCUT2D eigenvalue weighted by atomic mass is 9.93. The average molecular weight is 2190 g/mol. The Morgan fingerprint density at radius 3 is 0.800 bits per heavy atom. The van der Waals surface area contributed by atoms with Crippen molar-refractivity contribution in [2.24, 2.45) is 0 Å². The molecule has 0 aromatic rings. The Kier molecular flexibility index (Phi) is 44.4. The van der Waals surface area contributed by atoms with Crippen LogP contribution in [0.25, 0.3) is 0 Å². The van der Waals surface area contributed by atoms with Crippen LogP contribution in [0.1, 0.15) is 48.5 Å². The fraction of sp³-hybridized carbons (Fsp3) is 0.929. The number of rotatable bonds is 39. The number of hydrogen-bond acceptors (Lipinski definition) is 60. The zero-order valence-electron chi connectivity index (χ0n) is 81.1. The Bertz CT molecular complexity index is 4250. The Morgan fingerprint density at radius 2 is 0.420 bits per heavy atom. The van der Waals surface area contributed by atoms with Crippen LogP contribution >= 0.6 is 0 Å². The third-order valence-corrected chi connectivity index (χ3v) is 27.4. The largest absolute Gasteiger partial charge is 0.394 e. The fourth-order valence-corrected chi connectivity index (χ4v) is 19.5. The smallest absolute Gasteiger partial charge is 0.217 e. The SMILES string of the molecule is CC(=O)N[C@@H]1[C@@H](O)[C@H](O[C@@H]2O[C@H](CO)[C@@H](O[C@@H]3O[C@H](CO[C@H]4O[C@H](CO)[C@@H](O)[C@H](O)[C@@H]4O[C@@H]4O[C@H](CO)[C@@H](O[C@@H]5O[C@H](CO)[C@H](O)[C@H](O)[C@H]5O[C@@H]5O[C@H](CO)[C@@H](O[C@@H]6O[C@H](CO)[C@H](O)[C@H](O)[C@H]6O)[C@H](O)[C@H]5NC(C)=O)[C@H](O)[C@H]4NC(C)=O)[C@@H](O)[C@H](O[C@H]4O[C@H](CO)[C@@H](O[C@@H]5O[C@H](CO)[C@@H](O)[C@H](O)[C@H]5NC(C)=O)[C@H](O)[C@@H]4O[C@@H]4O[C@H](CO)[C@@H](O)[C@H](O)[C@H]4NC(C)=O)[C@@H]3O)[C@H](O)[C@H]2NC(C)=O)[C@@H](CO[C@@H]2O[C@@H](C)[C@@H](O)[C@@H](O)[C@@H]2O)O[C@H]1O. The minimum atomic E-state index is -2.74. The molecule has 150 heavy (non-hydrogen) atoms. The maximum Gasteiger partial charge on any atom is 0.217 e. The van der Waals surface area contributed by atoms with Gasteiger partial charge in [-0.2, -0.15) is 0 Å². The van der Waals surface area contributed by atoms with Crippen LogP contribution in [0.4, 0.5) is 0 Å². The highest BCUT2D eigenvalue weighted by Gasteiger charge is 2.64. The van der Waals surface area contributed by atoms with E-state index in [1.165, 1.54) is 6.92 Å². The van der Waals surface area contributed by atoms with Gasteiger partial charge in [0.25, 0.3) is 0 Å². The van der Waals surface area contributed by atoms with Crippen molar-refractivity contribution in [1.29, 1.82) is 0 Å². The Hall–Kier alpha value is -5.34. The molecule has 0 saturated carbocycles. The van der Waals surface area contributed by atoms with E-state index >= 15 is 0 Å². The van der Waals surface area contributed by atoms with Gasteiger partial charge in [0.05, 0.1) is 78.8 Å². The molecule has 12 aliphatic rings. The van der Waals surface area contributed by atoms with Gasteiger partial charge in [-0.25, -0.2) is 0 Å². The zero-order valence-corrected chi connectivity index (χ0v) is 81.1. The molecule has 60 atom stereocenters. The van der Waals surface area contributed by atoms with Crippen molar-refractivity contribution >= 4 is 35.4 Å². The highest BCUT2D eigenvalue weighted by molar-refractivity contribution is 5.75. The van der Waals surface area contributed by atoms with Gasteiger partial charge in [-0.3, -0.25) is 28.8 Å². The first-order valence-electron chi connectivity index (χ1n) is 48.0. The van der Waals surface area contributed by atoms with Crippen LogP contribution in [0.2, 0.25) is 0 Å². The summed E-state index contributed by atoms with van der Waals surface area (Å²) in [5.74, 6) is -5.84. The van der Waals surface area contributed by atoms with Crippen molar-refractivity contribution in [3.8, 4) is 0 Å². The molecule has 66 heteroatoms. The van der Waals surface area contributed by atoms with Crippen LogP contribution in [-0.2, 0) is 138 Å². The molecule has 12 fully saturated rings. The molecule has 0 aromatic carbocycles. The third kappa shape index (κ3) is 27.5. The zero-order chi connectivity index (χ0) is 110. The summed E-state index contributed by atoms with van der Waals surface area (Å²) in [7, 11) is 0. The molecule has 12 aliphatic heterocycles. The molecule has 0 aliphatic carbocycles. The molecule has 0 unspecified atom stereocenters. The quantitative estimate of drug-likeness (QED) is 0.0272. The number of carbonyl (C=O) groups is 6. The molecule has 12 rings (SSSR count). The van der Waals surface area contributed by atoms with E-state index in [1.54, 1.807) is 0 Å². The maximum absolute atomic E-state index is 13.5. The van der Waals surface area contributed by atoms with Crippen molar-refractivity contribution < 1.29 is 296 Å². The van der Waals surface area contributed by atoms with E-state index < -0.39 is 476 Å². The fourth-order valence-electron chi connectivity index (χ4n) is 19.5. The van der Waals surface area contributed by atoms with E-state index in [9.17, 15) is 187 Å². The number of ether oxygens (including phenoxy) is 23. The number of hydrogen-bond donors (Lipinski definition) is 37. The number of amides is 6. The van der Waals surface area contributed by atoms with Gasteiger partial charge < -0.3 is 299 Å². The summed E-state index contributed by atoms with van der Waals surface area (Å²) in [6.45, 7) is -6.13. The van der Waals surface area contributed by atoms with Gasteiger partial charge >= 0.3 is 0 Å². The summed E-state index contributed by atoms with van der Waals surface area (Å²) in [5.41, 5.74) is 0. The van der Waals surface area contributed by atoms with E-state index in [0.717, 1.165) is 41.5 Å². The van der Waals surface area contributed by atoms with E-state index in [2.05, 4.69) is 31.9 Å². The molecule has 0 spiro atoms. The van der Waals surface area contributed by atoms with Gasteiger partial charge in [0, 0.05) is 41.5 Å². The van der Waals surface area contributed by atoms with Crippen molar-refractivity contribution in [3.63, 3.8) is 0 Å². The lowest BCUT2D eigenvalue weighted by molar-refractivity contribution is -0.403. The van der Waals surface area contributed by atoms with E-state index in [1.807, 2.05) is 0 Å². The van der Waals surface area contributed by atoms with Gasteiger partial charge in [0.2, 0.25) is 35.4 Å². The lowest BCUT2D eigenvalue weighted by Gasteiger charge is -2.52. The average Bonchev–Trinajstić information content (AvgIpc) is 0.761. The second kappa shape index (κ2) is 54.0. The standard InChI is InChI=1S/C84H140N6O60/c1-19-43(106)56(119)60(123)79(130-19)128-18-36-68(52(115)37(73(127)131-36)85-20(2)100)143-76-40(88-23(5)103)53(116)65(32(14-97)137-76)145-81-63(126)69(147-84-72(150-75-39(87-22(4)102)51(114)45(108)27(9-92)133-75)62(125)67(34(16-99)140-84)142-74-38(86-21(3)101)50(113)44(107)26(8-91)132-74)49(112)35(141-81)17-129-82-70(58(121)47(110)29(11-94)135-82)148-77-42(90-25(7)105)55(118)66(33(15-98)139-77)146-83-71(59(122)48(111)30(12-95)136-83)149-78-41(89-24(6)104)54(117)64(31(13-96)138-78)144-80-61(124)57(120)46(109)28(10-93)134-80/h19,26-84,91-99,106-127H,8-18H2,1-7H3,(H,85,100)(H,86,101)(H,87,102)(H,88,103)(H,89,104)(H,90,105)/t19-,26+,27+,28+,29+,30+,31+,32+,33+,34+,35+,36+,37+,38+,39+,40+,41+,42+,43+,44+,45+,46-,47+,48-,49+,50+,51+,52+,53+,54+,55+,56+,57-,58-,59-,60-,61+,62-,63-,64+,65+,66+,67+,68+,69-,70-,71+,72-,73+,74-,75-,76-,77-,78-,79+,80-,81-,82-,83-,84+/m0/s1. The predicted molar refractivity (Wildman–Crippen MR) is 463 cm³/mol. The summed E-state index contributed by atoms with van der Waals surface area (Å²) in [6, 6.07) is -11.8. The van der Waals surface area contributed by atoms with Crippen LogP contribution in [-0.4, -0.2) is 635 Å². The first kappa shape index (κ1) is 123. The molecule has 12 saturated heterocycles. The molecule has 866 valence electrons. The van der Waals surface area contributed by atoms with Gasteiger partial charge in [-0.1, -0.05) is 0 Å². The molecule has 0 aromatic heterocycles. The second-order valence-electron chi connectivity index (χ2n) is 38.1. The lowest BCUT2D eigenvalue weighted by Crippen LogP contribution is -2.71. The van der Waals surface area contributed by atoms with Crippen molar-refractivity contribution in [2.75, 3.05) is 72.7 Å². The normalized spacial score (nSPS) is 48.8. The Morgan fingerprint density at radius 1 is 0.187 bits per heavy atom. The van der Waals surface area contributed by atoms with E-state index in [4.69, 9.17) is 109 Å². The number of aliphatic hydroxyl groups is 31. The summed E-state index contributed by atoms with van der Waals surface area (Å²) in [5, 5.41) is 367. The minimum absolute atomic E-state index is 0.869. The molecule has 12 heterocycles. The molecule has 0 bridgehead atoms. The topological polar surface area (TPSA) is 1010 Å².